The van der Waals surface area contributed by atoms with Crippen LogP contribution in [0, 0.1) is 23.0 Å². The van der Waals surface area contributed by atoms with Gasteiger partial charge in [-0.25, -0.2) is 8.78 Å². The van der Waals surface area contributed by atoms with Crippen LogP contribution in [0.15, 0.2) is 54.6 Å². The van der Waals surface area contributed by atoms with Crippen molar-refractivity contribution >= 4 is 11.6 Å². The van der Waals surface area contributed by atoms with Crippen LogP contribution in [0.1, 0.15) is 59.3 Å². The molecule has 0 aromatic heterocycles. The predicted octanol–water partition coefficient (Wildman–Crippen LogP) is 4.89. The Hall–Kier alpha value is -4.00. The molecule has 0 saturated carbocycles. The first-order valence-electron chi connectivity index (χ1n) is 14.5. The van der Waals surface area contributed by atoms with Gasteiger partial charge < -0.3 is 25.4 Å². The number of nitrogens with one attached hydrogen (secondary N) is 2. The molecule has 1 heterocycles. The lowest BCUT2D eigenvalue weighted by atomic mass is 9.99. The van der Waals surface area contributed by atoms with Crippen molar-refractivity contribution in [3.63, 3.8) is 0 Å². The third-order valence-corrected chi connectivity index (χ3v) is 7.42. The zero-order chi connectivity index (χ0) is 30.1. The molecule has 0 saturated heterocycles. The number of rotatable bonds is 13. The van der Waals surface area contributed by atoms with E-state index in [1.54, 1.807) is 6.07 Å². The summed E-state index contributed by atoms with van der Waals surface area (Å²) in [6.45, 7) is 6.67. The summed E-state index contributed by atoms with van der Waals surface area (Å²) < 4.78 is 33.7. The quantitative estimate of drug-likeness (QED) is 0.268. The van der Waals surface area contributed by atoms with Gasteiger partial charge in [-0.2, -0.15) is 5.26 Å². The molecule has 0 spiro atoms. The van der Waals surface area contributed by atoms with Crippen molar-refractivity contribution in [3.8, 4) is 11.8 Å². The first-order valence-corrected chi connectivity index (χ1v) is 14.5. The standard InChI is InChI=1S/C33H38F2N4O3/c1-3-5-9-39-10-11-42-32-26(19-36)16-25(17-30(32)39)33(41)38-29(15-24-13-27(34)18-28(35)14-24)31(40)21-37-20-23-8-6-7-22(4-2)12-23/h6-8,12-14,16-18,29,31,37,40H,3-5,9-11,15,20-21H2,1-2H3,(H,38,41)/t29-,31-/m0/s1. The van der Waals surface area contributed by atoms with Gasteiger partial charge in [0, 0.05) is 31.3 Å². The average molecular weight is 577 g/mol. The fraction of sp³-hybridized carbons (Fsp3) is 0.394. The monoisotopic (exact) mass is 576 g/mol. The predicted molar refractivity (Wildman–Crippen MR) is 159 cm³/mol. The molecule has 0 unspecified atom stereocenters. The first-order chi connectivity index (χ1) is 20.3. The minimum absolute atomic E-state index is 0.00360. The van der Waals surface area contributed by atoms with E-state index in [1.165, 1.54) is 23.8 Å². The van der Waals surface area contributed by atoms with Gasteiger partial charge in [-0.05, 0) is 60.2 Å². The van der Waals surface area contributed by atoms with Crippen molar-refractivity contribution in [3.05, 3.63) is 94.0 Å². The Morgan fingerprint density at radius 3 is 2.57 bits per heavy atom. The number of fused-ring (bicyclic) bond motifs is 1. The molecular formula is C33H38F2N4O3. The van der Waals surface area contributed by atoms with Crippen molar-refractivity contribution in [1.29, 1.82) is 5.26 Å². The van der Waals surface area contributed by atoms with Crippen LogP contribution in [0.25, 0.3) is 0 Å². The molecule has 1 aliphatic rings. The van der Waals surface area contributed by atoms with Crippen LogP contribution in [-0.2, 0) is 19.4 Å². The molecule has 0 radical (unpaired) electrons. The van der Waals surface area contributed by atoms with Gasteiger partial charge in [-0.1, -0.05) is 44.5 Å². The van der Waals surface area contributed by atoms with Crippen LogP contribution >= 0.6 is 0 Å². The number of aliphatic hydroxyl groups is 1. The lowest BCUT2D eigenvalue weighted by Gasteiger charge is -2.32. The summed E-state index contributed by atoms with van der Waals surface area (Å²) >= 11 is 0. The summed E-state index contributed by atoms with van der Waals surface area (Å²) in [5.74, 6) is -1.52. The molecule has 3 aromatic carbocycles. The Morgan fingerprint density at radius 2 is 1.86 bits per heavy atom. The molecule has 4 rings (SSSR count). The van der Waals surface area contributed by atoms with E-state index in [9.17, 15) is 23.9 Å². The number of ether oxygens (including phenoxy) is 1. The Bertz CT molecular complexity index is 1400. The first kappa shape index (κ1) is 30.9. The third-order valence-electron chi connectivity index (χ3n) is 7.42. The number of carbonyl (C=O) groups excluding carboxylic acids is 1. The minimum Gasteiger partial charge on any atom is -0.488 e. The summed E-state index contributed by atoms with van der Waals surface area (Å²) in [5.41, 5.74) is 3.73. The second kappa shape index (κ2) is 14.8. The number of nitriles is 1. The van der Waals surface area contributed by atoms with E-state index in [4.69, 9.17) is 4.74 Å². The number of unbranched alkanes of at least 4 members (excludes halogenated alkanes) is 1. The lowest BCUT2D eigenvalue weighted by molar-refractivity contribution is 0.0829. The zero-order valence-electron chi connectivity index (χ0n) is 24.1. The minimum atomic E-state index is -1.08. The highest BCUT2D eigenvalue weighted by molar-refractivity contribution is 5.96. The average Bonchev–Trinajstić information content (AvgIpc) is 2.98. The number of anilines is 1. The largest absolute Gasteiger partial charge is 0.488 e. The maximum absolute atomic E-state index is 14.0. The summed E-state index contributed by atoms with van der Waals surface area (Å²) in [6, 6.07) is 15.7. The Balaban J connectivity index is 1.55. The van der Waals surface area contributed by atoms with Gasteiger partial charge in [0.25, 0.3) is 5.91 Å². The maximum atomic E-state index is 14.0. The molecule has 7 nitrogen and oxygen atoms in total. The molecule has 0 bridgehead atoms. The molecule has 0 fully saturated rings. The van der Waals surface area contributed by atoms with Crippen LogP contribution in [0.5, 0.6) is 5.75 Å². The molecular weight excluding hydrogens is 538 g/mol. The molecule has 3 N–H and O–H groups in total. The number of aryl methyl sites for hydroxylation is 1. The molecule has 1 amide bonds. The van der Waals surface area contributed by atoms with Crippen molar-refractivity contribution < 1.29 is 23.4 Å². The summed E-state index contributed by atoms with van der Waals surface area (Å²) in [5, 5.41) is 27.1. The normalized spacial score (nSPS) is 14.0. The van der Waals surface area contributed by atoms with Crippen molar-refractivity contribution in [2.24, 2.45) is 0 Å². The fourth-order valence-electron chi connectivity index (χ4n) is 5.16. The number of benzene rings is 3. The van der Waals surface area contributed by atoms with Gasteiger partial charge >= 0.3 is 0 Å². The van der Waals surface area contributed by atoms with Crippen LogP contribution < -0.4 is 20.3 Å². The summed E-state index contributed by atoms with van der Waals surface area (Å²) in [4.78, 5) is 15.7. The molecule has 2 atom stereocenters. The lowest BCUT2D eigenvalue weighted by Crippen LogP contribution is -2.48. The zero-order valence-corrected chi connectivity index (χ0v) is 24.1. The van der Waals surface area contributed by atoms with Gasteiger partial charge in [0.05, 0.1) is 29.9 Å². The second-order valence-electron chi connectivity index (χ2n) is 10.6. The number of halogens is 2. The van der Waals surface area contributed by atoms with E-state index < -0.39 is 29.7 Å². The highest BCUT2D eigenvalue weighted by Gasteiger charge is 2.27. The molecule has 0 aliphatic carbocycles. The summed E-state index contributed by atoms with van der Waals surface area (Å²) in [7, 11) is 0. The molecule has 3 aromatic rings. The number of nitrogens with zero attached hydrogens (tertiary/aromatic N) is 2. The molecule has 9 heteroatoms. The number of hydrogen-bond donors (Lipinski definition) is 3. The van der Waals surface area contributed by atoms with Crippen molar-refractivity contribution in [1.82, 2.24) is 10.6 Å². The Labute approximate surface area is 246 Å². The SMILES string of the molecule is CCCCN1CCOc2c(C#N)cc(C(=O)N[C@@H](Cc3cc(F)cc(F)c3)[C@@H](O)CNCc3cccc(CC)c3)cc21. The number of carbonyl (C=O) groups is 1. The van der Waals surface area contributed by atoms with Crippen LogP contribution in [0.4, 0.5) is 14.5 Å². The molecule has 42 heavy (non-hydrogen) atoms. The number of aliphatic hydroxyl groups excluding tert-OH is 1. The number of hydrogen-bond acceptors (Lipinski definition) is 6. The van der Waals surface area contributed by atoms with Gasteiger partial charge in [-0.15, -0.1) is 0 Å². The highest BCUT2D eigenvalue weighted by atomic mass is 19.1. The van der Waals surface area contributed by atoms with Crippen LogP contribution in [0.2, 0.25) is 0 Å². The molecule has 222 valence electrons. The van der Waals surface area contributed by atoms with E-state index >= 15 is 0 Å². The van der Waals surface area contributed by atoms with Gasteiger partial charge in [-0.3, -0.25) is 4.79 Å². The molecule has 1 aliphatic heterocycles. The second-order valence-corrected chi connectivity index (χ2v) is 10.6. The third kappa shape index (κ3) is 8.05. The topological polar surface area (TPSA) is 97.6 Å². The van der Waals surface area contributed by atoms with Crippen LogP contribution in [-0.4, -0.2) is 49.4 Å². The van der Waals surface area contributed by atoms with Crippen molar-refractivity contribution in [2.45, 2.75) is 58.2 Å². The van der Waals surface area contributed by atoms with E-state index in [0.29, 0.717) is 36.7 Å². The fourth-order valence-corrected chi connectivity index (χ4v) is 5.16. The van der Waals surface area contributed by atoms with Crippen molar-refractivity contribution in [2.75, 3.05) is 31.1 Å². The van der Waals surface area contributed by atoms with Gasteiger partial charge in [0.2, 0.25) is 0 Å². The van der Waals surface area contributed by atoms with Crippen LogP contribution in [0.3, 0.4) is 0 Å². The van der Waals surface area contributed by atoms with E-state index in [2.05, 4.69) is 47.6 Å². The Kier molecular flexibility index (Phi) is 10.9. The van der Waals surface area contributed by atoms with E-state index in [-0.39, 0.29) is 24.1 Å². The maximum Gasteiger partial charge on any atom is 0.251 e. The number of amides is 1. The smallest absolute Gasteiger partial charge is 0.251 e. The van der Waals surface area contributed by atoms with E-state index in [1.807, 2.05) is 12.1 Å². The highest BCUT2D eigenvalue weighted by Crippen LogP contribution is 2.36. The van der Waals surface area contributed by atoms with E-state index in [0.717, 1.165) is 37.4 Å². The van der Waals surface area contributed by atoms with Gasteiger partial charge in [0.15, 0.2) is 5.75 Å². The summed E-state index contributed by atoms with van der Waals surface area (Å²) in [6.07, 6.45) is 1.78. The van der Waals surface area contributed by atoms with Gasteiger partial charge in [0.1, 0.15) is 24.3 Å². The Morgan fingerprint density at radius 1 is 1.10 bits per heavy atom.